The van der Waals surface area contributed by atoms with E-state index in [0.717, 1.165) is 37.2 Å². The topological polar surface area (TPSA) is 32.4 Å². The highest BCUT2D eigenvalue weighted by Gasteiger charge is 2.49. The molecule has 195 valence electrons. The SMILES string of the molecule is CCCCCCCCCCCCCCCCCCOc1ccc(C2(C)CCC(C)(C)N2[O])cc1. The van der Waals surface area contributed by atoms with Crippen molar-refractivity contribution in [3.63, 3.8) is 0 Å². The molecule has 1 aliphatic heterocycles. The first-order valence-electron chi connectivity index (χ1n) is 14.6. The Morgan fingerprint density at radius 3 is 1.53 bits per heavy atom. The van der Waals surface area contributed by atoms with Crippen LogP contribution in [0.5, 0.6) is 5.75 Å². The second-order valence-electron chi connectivity index (χ2n) is 11.6. The number of unbranched alkanes of at least 4 members (excludes halogenated alkanes) is 15. The molecule has 3 heteroatoms. The Morgan fingerprint density at radius 1 is 0.676 bits per heavy atom. The molecule has 3 nitrogen and oxygen atoms in total. The van der Waals surface area contributed by atoms with E-state index in [4.69, 9.17) is 4.74 Å². The summed E-state index contributed by atoms with van der Waals surface area (Å²) in [6, 6.07) is 8.23. The van der Waals surface area contributed by atoms with Crippen molar-refractivity contribution in [1.29, 1.82) is 0 Å². The van der Waals surface area contributed by atoms with Gasteiger partial charge in [-0.1, -0.05) is 115 Å². The number of nitrogens with zero attached hydrogens (tertiary/aromatic N) is 1. The van der Waals surface area contributed by atoms with Gasteiger partial charge in [-0.25, -0.2) is 0 Å². The zero-order valence-corrected chi connectivity index (χ0v) is 23.0. The largest absolute Gasteiger partial charge is 0.494 e. The molecule has 1 heterocycles. The monoisotopic (exact) mass is 472 g/mol. The molecule has 0 spiro atoms. The molecule has 34 heavy (non-hydrogen) atoms. The summed E-state index contributed by atoms with van der Waals surface area (Å²) in [4.78, 5) is 0. The van der Waals surface area contributed by atoms with Crippen LogP contribution in [0.2, 0.25) is 0 Å². The molecule has 0 saturated carbocycles. The van der Waals surface area contributed by atoms with E-state index in [1.54, 1.807) is 0 Å². The Morgan fingerprint density at radius 2 is 1.12 bits per heavy atom. The molecule has 1 fully saturated rings. The van der Waals surface area contributed by atoms with Crippen molar-refractivity contribution in [3.8, 4) is 5.75 Å². The van der Waals surface area contributed by atoms with Gasteiger partial charge in [0.1, 0.15) is 5.75 Å². The Hall–Kier alpha value is -1.06. The third-order valence-electron chi connectivity index (χ3n) is 7.96. The highest BCUT2D eigenvalue weighted by molar-refractivity contribution is 5.32. The molecule has 0 N–H and O–H groups in total. The van der Waals surface area contributed by atoms with Crippen molar-refractivity contribution < 1.29 is 9.94 Å². The molecule has 0 aliphatic carbocycles. The molecular formula is C31H54NO2. The van der Waals surface area contributed by atoms with Gasteiger partial charge in [0.25, 0.3) is 0 Å². The second kappa shape index (κ2) is 15.8. The van der Waals surface area contributed by atoms with Gasteiger partial charge in [0.05, 0.1) is 12.1 Å². The third-order valence-corrected chi connectivity index (χ3v) is 7.96. The van der Waals surface area contributed by atoms with Crippen molar-refractivity contribution in [1.82, 2.24) is 5.06 Å². The zero-order chi connectivity index (χ0) is 24.7. The number of rotatable bonds is 19. The average Bonchev–Trinajstić information content (AvgIpc) is 3.05. The van der Waals surface area contributed by atoms with Crippen LogP contribution in [-0.4, -0.2) is 17.2 Å². The maximum atomic E-state index is 12.8. The standard InChI is InChI=1S/C31H54NO2/c1-5-6-7-8-9-10-11-12-13-14-15-16-17-18-19-20-27-34-29-23-21-28(22-24-29)31(4)26-25-30(2,3)32(31)33/h21-24H,5-20,25-27H2,1-4H3. The smallest absolute Gasteiger partial charge is 0.119 e. The van der Waals surface area contributed by atoms with Gasteiger partial charge >= 0.3 is 0 Å². The van der Waals surface area contributed by atoms with E-state index in [1.165, 1.54) is 101 Å². The molecule has 2 rings (SSSR count). The minimum absolute atomic E-state index is 0.281. The maximum Gasteiger partial charge on any atom is 0.119 e. The van der Waals surface area contributed by atoms with E-state index < -0.39 is 5.54 Å². The molecule has 1 aromatic rings. The fourth-order valence-corrected chi connectivity index (χ4v) is 5.43. The van der Waals surface area contributed by atoms with Gasteiger partial charge in [-0.05, 0) is 57.7 Å². The van der Waals surface area contributed by atoms with Crippen LogP contribution >= 0.6 is 0 Å². The Bertz CT molecular complexity index is 641. The first-order valence-corrected chi connectivity index (χ1v) is 14.6. The van der Waals surface area contributed by atoms with Gasteiger partial charge in [-0.2, -0.15) is 0 Å². The summed E-state index contributed by atoms with van der Waals surface area (Å²) in [7, 11) is 0. The first kappa shape index (κ1) is 29.2. The molecule has 0 aromatic heterocycles. The van der Waals surface area contributed by atoms with E-state index in [-0.39, 0.29) is 5.54 Å². The molecule has 1 aromatic carbocycles. The first-order chi connectivity index (χ1) is 16.4. The summed E-state index contributed by atoms with van der Waals surface area (Å²) < 4.78 is 5.95. The molecule has 1 aliphatic rings. The predicted molar refractivity (Wildman–Crippen MR) is 145 cm³/mol. The molecule has 1 unspecified atom stereocenters. The molecular weight excluding hydrogens is 418 g/mol. The summed E-state index contributed by atoms with van der Waals surface area (Å²) in [5.41, 5.74) is 0.399. The summed E-state index contributed by atoms with van der Waals surface area (Å²) in [6.45, 7) is 9.23. The van der Waals surface area contributed by atoms with Gasteiger partial charge in [0, 0.05) is 5.54 Å². The van der Waals surface area contributed by atoms with Crippen LogP contribution in [0.3, 0.4) is 0 Å². The van der Waals surface area contributed by atoms with Crippen molar-refractivity contribution in [2.45, 2.75) is 154 Å². The maximum absolute atomic E-state index is 12.8. The van der Waals surface area contributed by atoms with E-state index >= 15 is 0 Å². The highest BCUT2D eigenvalue weighted by Crippen LogP contribution is 2.46. The molecule has 1 saturated heterocycles. The summed E-state index contributed by atoms with van der Waals surface area (Å²) in [5.74, 6) is 0.919. The van der Waals surface area contributed by atoms with Crippen LogP contribution in [0.15, 0.2) is 24.3 Å². The number of hydroxylamine groups is 2. The fraction of sp³-hybridized carbons (Fsp3) is 0.806. The van der Waals surface area contributed by atoms with Gasteiger partial charge in [-0.15, -0.1) is 10.3 Å². The van der Waals surface area contributed by atoms with Crippen LogP contribution in [0.1, 0.15) is 149 Å². The fourth-order valence-electron chi connectivity index (χ4n) is 5.43. The lowest BCUT2D eigenvalue weighted by molar-refractivity contribution is -0.252. The number of benzene rings is 1. The minimum Gasteiger partial charge on any atom is -0.494 e. The second-order valence-corrected chi connectivity index (χ2v) is 11.6. The van der Waals surface area contributed by atoms with Crippen LogP contribution in [0.4, 0.5) is 0 Å². The van der Waals surface area contributed by atoms with Crippen LogP contribution in [0.25, 0.3) is 0 Å². The van der Waals surface area contributed by atoms with Crippen molar-refractivity contribution >= 4 is 0 Å². The van der Waals surface area contributed by atoms with Crippen LogP contribution in [-0.2, 0) is 10.7 Å². The number of hydrogen-bond acceptors (Lipinski definition) is 2. The lowest BCUT2D eigenvalue weighted by Crippen LogP contribution is -2.44. The normalized spacial score (nSPS) is 20.1. The summed E-state index contributed by atoms with van der Waals surface area (Å²) in [5, 5.41) is 14.1. The summed E-state index contributed by atoms with van der Waals surface area (Å²) >= 11 is 0. The van der Waals surface area contributed by atoms with Crippen molar-refractivity contribution in [3.05, 3.63) is 29.8 Å². The predicted octanol–water partition coefficient (Wildman–Crippen LogP) is 9.76. The quantitative estimate of drug-likeness (QED) is 0.188. The highest BCUT2D eigenvalue weighted by atomic mass is 16.5. The zero-order valence-electron chi connectivity index (χ0n) is 23.0. The Labute approximate surface area is 211 Å². The number of ether oxygens (including phenoxy) is 1. The summed E-state index contributed by atoms with van der Waals surface area (Å²) in [6.07, 6.45) is 24.0. The Balaban J connectivity index is 1.42. The number of hydrogen-bond donors (Lipinski definition) is 0. The molecule has 0 amide bonds. The van der Waals surface area contributed by atoms with Crippen molar-refractivity contribution in [2.75, 3.05) is 6.61 Å². The van der Waals surface area contributed by atoms with E-state index in [0.29, 0.717) is 0 Å². The van der Waals surface area contributed by atoms with E-state index in [2.05, 4.69) is 26.0 Å². The van der Waals surface area contributed by atoms with Crippen LogP contribution in [0, 0.1) is 0 Å². The Kier molecular flexibility index (Phi) is 13.6. The molecule has 0 bridgehead atoms. The third kappa shape index (κ3) is 9.90. The minimum atomic E-state index is -0.421. The lowest BCUT2D eigenvalue weighted by Gasteiger charge is -2.35. The van der Waals surface area contributed by atoms with Crippen LogP contribution < -0.4 is 4.74 Å². The van der Waals surface area contributed by atoms with E-state index in [9.17, 15) is 5.21 Å². The van der Waals surface area contributed by atoms with Gasteiger partial charge < -0.3 is 4.74 Å². The van der Waals surface area contributed by atoms with Gasteiger partial charge in [0.2, 0.25) is 0 Å². The average molecular weight is 473 g/mol. The van der Waals surface area contributed by atoms with Gasteiger partial charge in [0.15, 0.2) is 0 Å². The molecule has 1 atom stereocenters. The lowest BCUT2D eigenvalue weighted by atomic mass is 9.90. The van der Waals surface area contributed by atoms with E-state index in [1.807, 2.05) is 26.0 Å². The van der Waals surface area contributed by atoms with Crippen molar-refractivity contribution in [2.24, 2.45) is 0 Å². The molecule has 1 radical (unpaired) electrons. The van der Waals surface area contributed by atoms with Gasteiger partial charge in [-0.3, -0.25) is 0 Å².